The van der Waals surface area contributed by atoms with E-state index in [1.54, 1.807) is 13.8 Å². The standard InChI is InChI=1S/C25H36N2O4/c1-4-6-7-8-9-10-11-16-31-22-13-12-21-23-19(24(26-21)25(29)30-5-2)14-15-27(18(3)28)17-20(22)23/h12-13,26H,4-11,14-17H2,1-3H3. The molecule has 0 bridgehead atoms. The van der Waals surface area contributed by atoms with Gasteiger partial charge in [-0.1, -0.05) is 45.4 Å². The fourth-order valence-electron chi connectivity index (χ4n) is 4.36. The lowest BCUT2D eigenvalue weighted by Gasteiger charge is -2.20. The fourth-order valence-corrected chi connectivity index (χ4v) is 4.36. The molecule has 1 aromatic heterocycles. The summed E-state index contributed by atoms with van der Waals surface area (Å²) < 4.78 is 11.4. The van der Waals surface area contributed by atoms with E-state index in [0.29, 0.717) is 38.4 Å². The molecule has 6 nitrogen and oxygen atoms in total. The molecule has 3 rings (SSSR count). The number of H-pyrrole nitrogens is 1. The molecule has 0 aliphatic carbocycles. The quantitative estimate of drug-likeness (QED) is 0.385. The molecule has 6 heteroatoms. The lowest BCUT2D eigenvalue weighted by atomic mass is 10.0. The molecule has 0 unspecified atom stereocenters. The zero-order chi connectivity index (χ0) is 22.2. The monoisotopic (exact) mass is 428 g/mol. The first-order valence-corrected chi connectivity index (χ1v) is 11.8. The van der Waals surface area contributed by atoms with Gasteiger partial charge in [0.2, 0.25) is 5.91 Å². The maximum absolute atomic E-state index is 12.5. The smallest absolute Gasteiger partial charge is 0.355 e. The van der Waals surface area contributed by atoms with Crippen molar-refractivity contribution in [1.29, 1.82) is 0 Å². The summed E-state index contributed by atoms with van der Waals surface area (Å²) in [6, 6.07) is 3.92. The Morgan fingerprint density at radius 1 is 1.03 bits per heavy atom. The van der Waals surface area contributed by atoms with Crippen molar-refractivity contribution in [3.63, 3.8) is 0 Å². The summed E-state index contributed by atoms with van der Waals surface area (Å²) >= 11 is 0. The van der Waals surface area contributed by atoms with Gasteiger partial charge in [-0.25, -0.2) is 4.79 Å². The summed E-state index contributed by atoms with van der Waals surface area (Å²) in [4.78, 5) is 29.8. The van der Waals surface area contributed by atoms with Gasteiger partial charge in [-0.2, -0.15) is 0 Å². The predicted molar refractivity (Wildman–Crippen MR) is 123 cm³/mol. The molecule has 1 aromatic carbocycles. The molecule has 170 valence electrons. The van der Waals surface area contributed by atoms with Crippen molar-refractivity contribution in [2.24, 2.45) is 0 Å². The molecule has 0 radical (unpaired) electrons. The van der Waals surface area contributed by atoms with E-state index in [-0.39, 0.29) is 11.9 Å². The van der Waals surface area contributed by atoms with E-state index in [1.165, 1.54) is 38.5 Å². The Labute approximate surface area is 185 Å². The number of carbonyl (C=O) groups is 2. The first kappa shape index (κ1) is 23.2. The molecule has 0 spiro atoms. The van der Waals surface area contributed by atoms with E-state index in [4.69, 9.17) is 9.47 Å². The summed E-state index contributed by atoms with van der Waals surface area (Å²) in [5.74, 6) is 0.491. The van der Waals surface area contributed by atoms with Crippen LogP contribution in [-0.2, 0) is 22.5 Å². The van der Waals surface area contributed by atoms with Gasteiger partial charge in [-0.15, -0.1) is 0 Å². The number of rotatable bonds is 11. The van der Waals surface area contributed by atoms with Crippen molar-refractivity contribution in [3.8, 4) is 5.75 Å². The minimum atomic E-state index is -0.346. The lowest BCUT2D eigenvalue weighted by Crippen LogP contribution is -2.29. The first-order valence-electron chi connectivity index (χ1n) is 11.8. The van der Waals surface area contributed by atoms with Crippen LogP contribution in [0.1, 0.15) is 87.3 Å². The second kappa shape index (κ2) is 11.2. The van der Waals surface area contributed by atoms with Crippen molar-refractivity contribution >= 4 is 22.8 Å². The summed E-state index contributed by atoms with van der Waals surface area (Å²) in [5, 5.41) is 1.00. The molecule has 31 heavy (non-hydrogen) atoms. The molecular formula is C25H36N2O4. The van der Waals surface area contributed by atoms with Crippen LogP contribution in [-0.4, -0.2) is 41.5 Å². The average Bonchev–Trinajstić information content (AvgIpc) is 3.00. The van der Waals surface area contributed by atoms with Gasteiger partial charge in [-0.3, -0.25) is 4.79 Å². The van der Waals surface area contributed by atoms with E-state index in [2.05, 4.69) is 11.9 Å². The predicted octanol–water partition coefficient (Wildman–Crippen LogP) is 5.38. The number of hydrogen-bond donors (Lipinski definition) is 1. The SMILES string of the molecule is CCCCCCCCCOc1ccc2[nH]c(C(=O)OCC)c3c2c1CN(C(C)=O)CC3. The summed E-state index contributed by atoms with van der Waals surface area (Å²) in [5.41, 5.74) is 3.29. The fraction of sp³-hybridized carbons (Fsp3) is 0.600. The van der Waals surface area contributed by atoms with E-state index < -0.39 is 0 Å². The summed E-state index contributed by atoms with van der Waals surface area (Å²) in [6.07, 6.45) is 9.25. The number of benzene rings is 1. The topological polar surface area (TPSA) is 71.6 Å². The second-order valence-corrected chi connectivity index (χ2v) is 8.32. The number of ether oxygens (including phenoxy) is 2. The van der Waals surface area contributed by atoms with Crippen LogP contribution in [0.3, 0.4) is 0 Å². The number of nitrogens with zero attached hydrogens (tertiary/aromatic N) is 1. The molecule has 2 aromatic rings. The molecule has 0 fully saturated rings. The Morgan fingerprint density at radius 2 is 1.77 bits per heavy atom. The van der Waals surface area contributed by atoms with Crippen LogP contribution in [0.4, 0.5) is 0 Å². The normalized spacial score (nSPS) is 13.3. The molecule has 1 aliphatic heterocycles. The Bertz CT molecular complexity index is 903. The van der Waals surface area contributed by atoms with Crippen LogP contribution in [0, 0.1) is 0 Å². The molecule has 2 heterocycles. The van der Waals surface area contributed by atoms with Crippen LogP contribution in [0.25, 0.3) is 10.9 Å². The second-order valence-electron chi connectivity index (χ2n) is 8.32. The zero-order valence-corrected chi connectivity index (χ0v) is 19.2. The van der Waals surface area contributed by atoms with Gasteiger partial charge in [0.15, 0.2) is 0 Å². The highest BCUT2D eigenvalue weighted by Crippen LogP contribution is 2.36. The van der Waals surface area contributed by atoms with E-state index in [9.17, 15) is 9.59 Å². The van der Waals surface area contributed by atoms with Gasteiger partial charge >= 0.3 is 5.97 Å². The third-order valence-corrected chi connectivity index (χ3v) is 6.04. The summed E-state index contributed by atoms with van der Waals surface area (Å²) in [6.45, 7) is 7.68. The van der Waals surface area contributed by atoms with Crippen molar-refractivity contribution in [2.45, 2.75) is 78.7 Å². The van der Waals surface area contributed by atoms with Crippen molar-refractivity contribution in [1.82, 2.24) is 9.88 Å². The van der Waals surface area contributed by atoms with Crippen LogP contribution in [0.5, 0.6) is 5.75 Å². The maximum atomic E-state index is 12.5. The number of carbonyl (C=O) groups excluding carboxylic acids is 2. The van der Waals surface area contributed by atoms with Crippen molar-refractivity contribution < 1.29 is 19.1 Å². The minimum absolute atomic E-state index is 0.0295. The number of aromatic amines is 1. The molecule has 1 amide bonds. The van der Waals surface area contributed by atoms with Crippen LogP contribution in [0.15, 0.2) is 12.1 Å². The number of nitrogens with one attached hydrogen (secondary N) is 1. The highest BCUT2D eigenvalue weighted by atomic mass is 16.5. The lowest BCUT2D eigenvalue weighted by molar-refractivity contribution is -0.129. The van der Waals surface area contributed by atoms with Gasteiger partial charge in [0.1, 0.15) is 11.4 Å². The third kappa shape index (κ3) is 5.60. The molecule has 0 saturated carbocycles. The minimum Gasteiger partial charge on any atom is -0.493 e. The van der Waals surface area contributed by atoms with Crippen LogP contribution < -0.4 is 4.74 Å². The van der Waals surface area contributed by atoms with Crippen LogP contribution >= 0.6 is 0 Å². The van der Waals surface area contributed by atoms with Crippen LogP contribution in [0.2, 0.25) is 0 Å². The highest BCUT2D eigenvalue weighted by molar-refractivity contribution is 6.00. The molecule has 1 aliphatic rings. The van der Waals surface area contributed by atoms with Gasteiger partial charge in [0.05, 0.1) is 13.2 Å². The number of esters is 1. The molecule has 1 N–H and O–H groups in total. The Balaban J connectivity index is 1.79. The third-order valence-electron chi connectivity index (χ3n) is 6.04. The Morgan fingerprint density at radius 3 is 2.48 bits per heavy atom. The van der Waals surface area contributed by atoms with E-state index in [1.807, 2.05) is 17.0 Å². The van der Waals surface area contributed by atoms with E-state index in [0.717, 1.165) is 34.2 Å². The molecule has 0 atom stereocenters. The van der Waals surface area contributed by atoms with E-state index >= 15 is 0 Å². The highest BCUT2D eigenvalue weighted by Gasteiger charge is 2.27. The number of amides is 1. The largest absolute Gasteiger partial charge is 0.493 e. The zero-order valence-electron chi connectivity index (χ0n) is 19.2. The number of hydrogen-bond acceptors (Lipinski definition) is 4. The Hall–Kier alpha value is -2.50. The van der Waals surface area contributed by atoms with Crippen molar-refractivity contribution in [2.75, 3.05) is 19.8 Å². The molecule has 0 saturated heterocycles. The van der Waals surface area contributed by atoms with Gasteiger partial charge in [0, 0.05) is 36.5 Å². The Kier molecular flexibility index (Phi) is 8.38. The van der Waals surface area contributed by atoms with Gasteiger partial charge in [-0.05, 0) is 37.5 Å². The maximum Gasteiger partial charge on any atom is 0.355 e. The molecular weight excluding hydrogens is 392 g/mol. The van der Waals surface area contributed by atoms with Gasteiger partial charge in [0.25, 0.3) is 0 Å². The van der Waals surface area contributed by atoms with Crippen molar-refractivity contribution in [3.05, 3.63) is 29.0 Å². The van der Waals surface area contributed by atoms with Gasteiger partial charge < -0.3 is 19.4 Å². The average molecular weight is 429 g/mol. The number of unbranched alkanes of at least 4 members (excludes halogenated alkanes) is 6. The summed E-state index contributed by atoms with van der Waals surface area (Å²) in [7, 11) is 0. The first-order chi connectivity index (χ1) is 15.1. The number of aromatic nitrogens is 1.